The fourth-order valence-corrected chi connectivity index (χ4v) is 4.61. The smallest absolute Gasteiger partial charge is 0.263 e. The van der Waals surface area contributed by atoms with E-state index in [1.54, 1.807) is 25.1 Å². The largest absolute Gasteiger partial charge is 0.447 e. The molecule has 0 bridgehead atoms. The Bertz CT molecular complexity index is 1130. The molecule has 0 unspecified atom stereocenters. The van der Waals surface area contributed by atoms with Crippen LogP contribution in [0.15, 0.2) is 47.6 Å². The molecule has 0 aliphatic rings. The summed E-state index contributed by atoms with van der Waals surface area (Å²) in [4.78, 5) is 7.83. The van der Waals surface area contributed by atoms with Gasteiger partial charge in [0.15, 0.2) is 16.7 Å². The summed E-state index contributed by atoms with van der Waals surface area (Å²) in [5.74, 6) is -0.307. The Hall–Kier alpha value is -1.77. The first kappa shape index (κ1) is 21.0. The minimum absolute atomic E-state index is 0.0285. The van der Waals surface area contributed by atoms with Gasteiger partial charge in [-0.3, -0.25) is 4.72 Å². The van der Waals surface area contributed by atoms with Crippen LogP contribution >= 0.6 is 46.4 Å². The molecule has 0 aliphatic heterocycles. The maximum absolute atomic E-state index is 12.8. The SMILES string of the molecule is Cc1ccccc1S(=O)(=O)Nc1ncnc(Cl)c1Oc1c(Cl)cc(Cl)cc1Cl. The second-order valence-electron chi connectivity index (χ2n) is 5.51. The van der Waals surface area contributed by atoms with Gasteiger partial charge in [-0.05, 0) is 30.7 Å². The molecule has 0 atom stereocenters. The van der Waals surface area contributed by atoms with Crippen LogP contribution in [-0.2, 0) is 10.0 Å². The van der Waals surface area contributed by atoms with Gasteiger partial charge >= 0.3 is 0 Å². The second kappa shape index (κ2) is 8.31. The van der Waals surface area contributed by atoms with Crippen molar-refractivity contribution in [2.75, 3.05) is 4.72 Å². The molecule has 11 heteroatoms. The Balaban J connectivity index is 2.04. The number of benzene rings is 2. The lowest BCUT2D eigenvalue weighted by Crippen LogP contribution is -2.16. The number of aryl methyl sites for hydroxylation is 1. The number of nitrogens with one attached hydrogen (secondary N) is 1. The Morgan fingerprint density at radius 2 is 1.61 bits per heavy atom. The quantitative estimate of drug-likeness (QED) is 0.455. The maximum Gasteiger partial charge on any atom is 0.263 e. The normalized spacial score (nSPS) is 11.3. The van der Waals surface area contributed by atoms with Crippen molar-refractivity contribution in [2.24, 2.45) is 0 Å². The van der Waals surface area contributed by atoms with Crippen LogP contribution in [0.5, 0.6) is 11.5 Å². The molecule has 0 spiro atoms. The van der Waals surface area contributed by atoms with E-state index in [1.807, 2.05) is 0 Å². The fourth-order valence-electron chi connectivity index (χ4n) is 2.28. The van der Waals surface area contributed by atoms with Crippen molar-refractivity contribution in [3.63, 3.8) is 0 Å². The molecule has 1 aromatic heterocycles. The number of nitrogens with zero attached hydrogens (tertiary/aromatic N) is 2. The highest BCUT2D eigenvalue weighted by atomic mass is 35.5. The van der Waals surface area contributed by atoms with E-state index in [4.69, 9.17) is 51.1 Å². The van der Waals surface area contributed by atoms with E-state index >= 15 is 0 Å². The summed E-state index contributed by atoms with van der Waals surface area (Å²) in [6.07, 6.45) is 1.09. The lowest BCUT2D eigenvalue weighted by molar-refractivity contribution is 0.481. The van der Waals surface area contributed by atoms with Gasteiger partial charge in [-0.1, -0.05) is 64.6 Å². The topological polar surface area (TPSA) is 81.2 Å². The Labute approximate surface area is 181 Å². The number of anilines is 1. The number of hydrogen-bond acceptors (Lipinski definition) is 5. The highest BCUT2D eigenvalue weighted by Gasteiger charge is 2.23. The maximum atomic E-state index is 12.8. The summed E-state index contributed by atoms with van der Waals surface area (Å²) in [7, 11) is -3.97. The zero-order valence-electron chi connectivity index (χ0n) is 14.1. The second-order valence-corrected chi connectivity index (χ2v) is 8.77. The van der Waals surface area contributed by atoms with E-state index in [1.165, 1.54) is 18.2 Å². The van der Waals surface area contributed by atoms with Crippen molar-refractivity contribution in [2.45, 2.75) is 11.8 Å². The number of rotatable bonds is 5. The zero-order valence-corrected chi connectivity index (χ0v) is 17.9. The number of sulfonamides is 1. The van der Waals surface area contributed by atoms with Gasteiger partial charge in [0.25, 0.3) is 10.0 Å². The minimum atomic E-state index is -3.97. The van der Waals surface area contributed by atoms with Crippen molar-refractivity contribution in [1.82, 2.24) is 9.97 Å². The van der Waals surface area contributed by atoms with Crippen molar-refractivity contribution < 1.29 is 13.2 Å². The highest BCUT2D eigenvalue weighted by Crippen LogP contribution is 2.42. The first-order valence-corrected chi connectivity index (χ1v) is 10.6. The molecule has 1 N–H and O–H groups in total. The average Bonchev–Trinajstić information content (AvgIpc) is 2.60. The molecule has 146 valence electrons. The van der Waals surface area contributed by atoms with Crippen LogP contribution in [0.1, 0.15) is 5.56 Å². The molecule has 28 heavy (non-hydrogen) atoms. The van der Waals surface area contributed by atoms with Gasteiger partial charge in [-0.25, -0.2) is 18.4 Å². The van der Waals surface area contributed by atoms with Crippen LogP contribution in [0.25, 0.3) is 0 Å². The van der Waals surface area contributed by atoms with Gasteiger partial charge in [-0.2, -0.15) is 0 Å². The molecular formula is C17H11Cl4N3O3S. The van der Waals surface area contributed by atoms with Crippen LogP contribution in [0, 0.1) is 6.92 Å². The number of aromatic nitrogens is 2. The molecule has 1 heterocycles. The Kier molecular flexibility index (Phi) is 6.21. The highest BCUT2D eigenvalue weighted by molar-refractivity contribution is 7.92. The molecule has 0 saturated carbocycles. The molecule has 0 aliphatic carbocycles. The monoisotopic (exact) mass is 477 g/mol. The summed E-state index contributed by atoms with van der Waals surface area (Å²) < 4.78 is 33.6. The van der Waals surface area contributed by atoms with Crippen LogP contribution < -0.4 is 9.46 Å². The summed E-state index contributed by atoms with van der Waals surface area (Å²) >= 11 is 24.2. The molecule has 6 nitrogen and oxygen atoms in total. The van der Waals surface area contributed by atoms with Crippen LogP contribution in [0.2, 0.25) is 20.2 Å². The molecule has 0 saturated heterocycles. The van der Waals surface area contributed by atoms with Crippen molar-refractivity contribution in [3.8, 4) is 11.5 Å². The molecule has 0 fully saturated rings. The third kappa shape index (κ3) is 4.45. The number of hydrogen-bond donors (Lipinski definition) is 1. The number of halogens is 4. The first-order chi connectivity index (χ1) is 13.2. The minimum Gasteiger partial charge on any atom is -0.447 e. The van der Waals surface area contributed by atoms with Crippen molar-refractivity contribution in [1.29, 1.82) is 0 Å². The van der Waals surface area contributed by atoms with Gasteiger partial charge < -0.3 is 4.74 Å². The predicted octanol–water partition coefficient (Wildman–Crippen LogP) is 5.99. The first-order valence-electron chi connectivity index (χ1n) is 7.60. The van der Waals surface area contributed by atoms with E-state index < -0.39 is 10.0 Å². The summed E-state index contributed by atoms with van der Waals surface area (Å²) in [5, 5.41) is 0.369. The zero-order chi connectivity index (χ0) is 20.5. The molecular weight excluding hydrogens is 468 g/mol. The standard InChI is InChI=1S/C17H11Cl4N3O3S/c1-9-4-2-3-5-13(9)28(25,26)24-17-15(16(21)22-8-23-17)27-14-11(19)6-10(18)7-12(14)20/h2-8H,1H3,(H,22,23,24). The van der Waals surface area contributed by atoms with Crippen LogP contribution in [-0.4, -0.2) is 18.4 Å². The summed E-state index contributed by atoms with van der Waals surface area (Å²) in [6.45, 7) is 1.67. The van der Waals surface area contributed by atoms with E-state index in [0.717, 1.165) is 6.33 Å². The Morgan fingerprint density at radius 1 is 0.964 bits per heavy atom. The molecule has 2 aromatic carbocycles. The van der Waals surface area contributed by atoms with E-state index in [2.05, 4.69) is 14.7 Å². The van der Waals surface area contributed by atoms with E-state index in [9.17, 15) is 8.42 Å². The lowest BCUT2D eigenvalue weighted by atomic mass is 10.2. The van der Waals surface area contributed by atoms with Crippen LogP contribution in [0.3, 0.4) is 0 Å². The van der Waals surface area contributed by atoms with Crippen LogP contribution in [0.4, 0.5) is 5.82 Å². The van der Waals surface area contributed by atoms with Crippen molar-refractivity contribution in [3.05, 3.63) is 68.5 Å². The molecule has 0 amide bonds. The van der Waals surface area contributed by atoms with Gasteiger partial charge in [0.2, 0.25) is 5.75 Å². The van der Waals surface area contributed by atoms with Gasteiger partial charge in [-0.15, -0.1) is 0 Å². The fraction of sp³-hybridized carbons (Fsp3) is 0.0588. The predicted molar refractivity (Wildman–Crippen MR) is 111 cm³/mol. The Morgan fingerprint density at radius 3 is 2.25 bits per heavy atom. The molecule has 0 radical (unpaired) electrons. The average molecular weight is 479 g/mol. The summed E-state index contributed by atoms with van der Waals surface area (Å²) in [5.41, 5.74) is 0.557. The van der Waals surface area contributed by atoms with E-state index in [-0.39, 0.29) is 37.4 Å². The summed E-state index contributed by atoms with van der Waals surface area (Å²) in [6, 6.07) is 9.31. The third-order valence-corrected chi connectivity index (χ3v) is 6.09. The van der Waals surface area contributed by atoms with E-state index in [0.29, 0.717) is 10.6 Å². The van der Waals surface area contributed by atoms with Crippen molar-refractivity contribution >= 4 is 62.2 Å². The molecule has 3 aromatic rings. The lowest BCUT2D eigenvalue weighted by Gasteiger charge is -2.15. The van der Waals surface area contributed by atoms with Gasteiger partial charge in [0.05, 0.1) is 14.9 Å². The van der Waals surface area contributed by atoms with Gasteiger partial charge in [0.1, 0.15) is 6.33 Å². The third-order valence-electron chi connectivity index (χ3n) is 3.54. The number of ether oxygens (including phenoxy) is 1. The van der Waals surface area contributed by atoms with Gasteiger partial charge in [0, 0.05) is 5.02 Å². The molecule has 3 rings (SSSR count).